The molecule has 1 unspecified atom stereocenters. The highest BCUT2D eigenvalue weighted by Crippen LogP contribution is 2.19. The quantitative estimate of drug-likeness (QED) is 0.358. The van der Waals surface area contributed by atoms with Crippen molar-refractivity contribution in [1.82, 2.24) is 24.7 Å². The number of aliphatic imine (C=N–C) groups is 1. The zero-order valence-electron chi connectivity index (χ0n) is 18.3. The van der Waals surface area contributed by atoms with E-state index in [0.29, 0.717) is 18.3 Å². The maximum Gasteiger partial charge on any atom is 0.194 e. The number of hydrogen-bond acceptors (Lipinski definition) is 4. The SMILES string of the molecule is CCNC(=NCc1ccc(-n2ccnc2C)c(F)c1)N1CCC(N2CCOCC2)C1.I. The monoisotopic (exact) mass is 542 g/mol. The number of morpholine rings is 1. The number of likely N-dealkylation sites (tertiary alicyclic amines) is 1. The predicted molar refractivity (Wildman–Crippen MR) is 131 cm³/mol. The fraction of sp³-hybridized carbons (Fsp3) is 0.545. The number of imidazole rings is 1. The molecule has 0 bridgehead atoms. The van der Waals surface area contributed by atoms with Gasteiger partial charge in [0.2, 0.25) is 0 Å². The Morgan fingerprint density at radius 3 is 2.77 bits per heavy atom. The molecule has 2 fully saturated rings. The number of ether oxygens (including phenoxy) is 1. The van der Waals surface area contributed by atoms with Crippen LogP contribution in [0.1, 0.15) is 24.7 Å². The lowest BCUT2D eigenvalue weighted by Gasteiger charge is -2.32. The van der Waals surface area contributed by atoms with Crippen LogP contribution in [-0.4, -0.2) is 77.3 Å². The van der Waals surface area contributed by atoms with Gasteiger partial charge in [0.1, 0.15) is 11.6 Å². The molecule has 3 heterocycles. The number of aryl methyl sites for hydroxylation is 1. The first-order chi connectivity index (χ1) is 14.7. The van der Waals surface area contributed by atoms with E-state index in [2.05, 4.69) is 27.0 Å². The van der Waals surface area contributed by atoms with E-state index in [1.54, 1.807) is 29.1 Å². The molecular weight excluding hydrogens is 510 g/mol. The smallest absolute Gasteiger partial charge is 0.194 e. The zero-order chi connectivity index (χ0) is 20.9. The molecule has 0 amide bonds. The minimum absolute atomic E-state index is 0. The Morgan fingerprint density at radius 1 is 1.29 bits per heavy atom. The molecule has 0 aliphatic carbocycles. The van der Waals surface area contributed by atoms with E-state index in [0.717, 1.165) is 69.7 Å². The first kappa shape index (κ1) is 23.9. The van der Waals surface area contributed by atoms with Crippen LogP contribution in [0.15, 0.2) is 35.6 Å². The van der Waals surface area contributed by atoms with Gasteiger partial charge in [0.05, 0.1) is 25.4 Å². The number of nitrogens with one attached hydrogen (secondary N) is 1. The van der Waals surface area contributed by atoms with Crippen LogP contribution in [0.5, 0.6) is 0 Å². The van der Waals surface area contributed by atoms with Gasteiger partial charge in [0, 0.05) is 51.2 Å². The number of hydrogen-bond donors (Lipinski definition) is 1. The van der Waals surface area contributed by atoms with Crippen LogP contribution in [0, 0.1) is 12.7 Å². The summed E-state index contributed by atoms with van der Waals surface area (Å²) in [6.07, 6.45) is 4.58. The van der Waals surface area contributed by atoms with Crippen LogP contribution >= 0.6 is 24.0 Å². The number of aromatic nitrogens is 2. The van der Waals surface area contributed by atoms with Gasteiger partial charge in [-0.1, -0.05) is 6.07 Å². The van der Waals surface area contributed by atoms with Crippen LogP contribution in [0.2, 0.25) is 0 Å². The van der Waals surface area contributed by atoms with E-state index in [9.17, 15) is 4.39 Å². The van der Waals surface area contributed by atoms with Gasteiger partial charge in [-0.25, -0.2) is 14.4 Å². The van der Waals surface area contributed by atoms with Crippen LogP contribution in [0.4, 0.5) is 4.39 Å². The van der Waals surface area contributed by atoms with Crippen molar-refractivity contribution in [2.24, 2.45) is 4.99 Å². The summed E-state index contributed by atoms with van der Waals surface area (Å²) in [5.74, 6) is 1.41. The van der Waals surface area contributed by atoms with Gasteiger partial charge < -0.3 is 19.5 Å². The molecule has 1 atom stereocenters. The first-order valence-corrected chi connectivity index (χ1v) is 10.8. The predicted octanol–water partition coefficient (Wildman–Crippen LogP) is 2.81. The van der Waals surface area contributed by atoms with Gasteiger partial charge in [-0.3, -0.25) is 4.90 Å². The van der Waals surface area contributed by atoms with Crippen molar-refractivity contribution in [3.63, 3.8) is 0 Å². The minimum Gasteiger partial charge on any atom is -0.379 e. The summed E-state index contributed by atoms with van der Waals surface area (Å²) in [5.41, 5.74) is 1.37. The molecule has 170 valence electrons. The Hall–Kier alpha value is -1.72. The number of nitrogens with zero attached hydrogens (tertiary/aromatic N) is 5. The van der Waals surface area contributed by atoms with Crippen molar-refractivity contribution in [3.8, 4) is 5.69 Å². The maximum atomic E-state index is 14.7. The Balaban J connectivity index is 0.00000272. The average molecular weight is 542 g/mol. The highest BCUT2D eigenvalue weighted by Gasteiger charge is 2.30. The molecule has 4 rings (SSSR count). The molecule has 2 aromatic rings. The molecule has 9 heteroatoms. The largest absolute Gasteiger partial charge is 0.379 e. The average Bonchev–Trinajstić information content (AvgIpc) is 3.41. The standard InChI is InChI=1S/C22H31FN6O.HI/c1-3-24-22(28-8-6-19(16-28)27-10-12-30-13-11-27)26-15-18-4-5-21(20(23)14-18)29-9-7-25-17(29)2;/h4-5,7,9,14,19H,3,6,8,10-13,15-16H2,1-2H3,(H,24,26);1H. The Labute approximate surface area is 200 Å². The van der Waals surface area contributed by atoms with Gasteiger partial charge in [-0.05, 0) is 38.0 Å². The van der Waals surface area contributed by atoms with Crippen molar-refractivity contribution >= 4 is 29.9 Å². The lowest BCUT2D eigenvalue weighted by Crippen LogP contribution is -2.46. The summed E-state index contributed by atoms with van der Waals surface area (Å²) in [4.78, 5) is 13.8. The summed E-state index contributed by atoms with van der Waals surface area (Å²) in [7, 11) is 0. The lowest BCUT2D eigenvalue weighted by molar-refractivity contribution is 0.0195. The number of rotatable bonds is 5. The third kappa shape index (κ3) is 5.75. The van der Waals surface area contributed by atoms with Crippen molar-refractivity contribution in [2.45, 2.75) is 32.9 Å². The van der Waals surface area contributed by atoms with E-state index in [-0.39, 0.29) is 29.8 Å². The zero-order valence-corrected chi connectivity index (χ0v) is 20.6. The van der Waals surface area contributed by atoms with Crippen LogP contribution in [0.25, 0.3) is 5.69 Å². The molecule has 0 saturated carbocycles. The van der Waals surface area contributed by atoms with Crippen molar-refractivity contribution in [3.05, 3.63) is 47.8 Å². The second-order valence-corrected chi connectivity index (χ2v) is 7.84. The molecule has 31 heavy (non-hydrogen) atoms. The maximum absolute atomic E-state index is 14.7. The normalized spacial score (nSPS) is 20.0. The van der Waals surface area contributed by atoms with Gasteiger partial charge in [-0.2, -0.15) is 0 Å². The summed E-state index contributed by atoms with van der Waals surface area (Å²) in [6.45, 7) is 10.8. The van der Waals surface area contributed by atoms with Crippen molar-refractivity contribution in [2.75, 3.05) is 45.9 Å². The fourth-order valence-electron chi connectivity index (χ4n) is 4.24. The van der Waals surface area contributed by atoms with E-state index in [1.807, 2.05) is 13.0 Å². The number of halogens is 2. The van der Waals surface area contributed by atoms with E-state index in [4.69, 9.17) is 9.73 Å². The molecule has 0 spiro atoms. The Morgan fingerprint density at radius 2 is 2.10 bits per heavy atom. The number of benzene rings is 1. The van der Waals surface area contributed by atoms with Crippen molar-refractivity contribution in [1.29, 1.82) is 0 Å². The summed E-state index contributed by atoms with van der Waals surface area (Å²) in [6, 6.07) is 5.85. The van der Waals surface area contributed by atoms with E-state index >= 15 is 0 Å². The molecular formula is C22H32FIN6O. The topological polar surface area (TPSA) is 57.9 Å². The van der Waals surface area contributed by atoms with Gasteiger partial charge >= 0.3 is 0 Å². The summed E-state index contributed by atoms with van der Waals surface area (Å²) in [5, 5.41) is 3.40. The molecule has 7 nitrogen and oxygen atoms in total. The molecule has 1 aromatic carbocycles. The van der Waals surface area contributed by atoms with Crippen LogP contribution in [0.3, 0.4) is 0 Å². The first-order valence-electron chi connectivity index (χ1n) is 10.8. The molecule has 2 aliphatic heterocycles. The second-order valence-electron chi connectivity index (χ2n) is 7.84. The Kier molecular flexibility index (Phi) is 8.67. The minimum atomic E-state index is -0.262. The van der Waals surface area contributed by atoms with Gasteiger partial charge in [0.15, 0.2) is 5.96 Å². The number of guanidine groups is 1. The van der Waals surface area contributed by atoms with E-state index < -0.39 is 0 Å². The lowest BCUT2D eigenvalue weighted by atomic mass is 10.2. The van der Waals surface area contributed by atoms with Crippen LogP contribution < -0.4 is 5.32 Å². The molecule has 1 N–H and O–H groups in total. The third-order valence-electron chi connectivity index (χ3n) is 5.87. The van der Waals surface area contributed by atoms with E-state index in [1.165, 1.54) is 0 Å². The fourth-order valence-corrected chi connectivity index (χ4v) is 4.24. The highest BCUT2D eigenvalue weighted by molar-refractivity contribution is 14.0. The highest BCUT2D eigenvalue weighted by atomic mass is 127. The molecule has 2 saturated heterocycles. The third-order valence-corrected chi connectivity index (χ3v) is 5.87. The van der Waals surface area contributed by atoms with Gasteiger partial charge in [-0.15, -0.1) is 24.0 Å². The molecule has 0 radical (unpaired) electrons. The molecule has 1 aromatic heterocycles. The van der Waals surface area contributed by atoms with Gasteiger partial charge in [0.25, 0.3) is 0 Å². The van der Waals surface area contributed by atoms with Crippen molar-refractivity contribution < 1.29 is 9.13 Å². The summed E-state index contributed by atoms with van der Waals surface area (Å²) < 4.78 is 21.9. The van der Waals surface area contributed by atoms with Crippen LogP contribution in [-0.2, 0) is 11.3 Å². The second kappa shape index (κ2) is 11.2. The molecule has 2 aliphatic rings. The summed E-state index contributed by atoms with van der Waals surface area (Å²) >= 11 is 0. The Bertz CT molecular complexity index is 883.